The molecule has 14 heavy (non-hydrogen) atoms. The summed E-state index contributed by atoms with van der Waals surface area (Å²) in [5.41, 5.74) is 1.80. The first-order valence-corrected chi connectivity index (χ1v) is 4.84. The van der Waals surface area contributed by atoms with Crippen molar-refractivity contribution in [1.29, 1.82) is 0 Å². The first-order chi connectivity index (χ1) is 6.70. The van der Waals surface area contributed by atoms with E-state index in [0.29, 0.717) is 12.7 Å². The molecule has 74 valence electrons. The lowest BCUT2D eigenvalue weighted by Gasteiger charge is -2.34. The van der Waals surface area contributed by atoms with Gasteiger partial charge >= 0.3 is 0 Å². The Morgan fingerprint density at radius 2 is 2.07 bits per heavy atom. The van der Waals surface area contributed by atoms with Crippen molar-refractivity contribution in [3.63, 3.8) is 0 Å². The van der Waals surface area contributed by atoms with E-state index in [1.165, 1.54) is 0 Å². The highest BCUT2D eigenvalue weighted by Gasteiger charge is 2.22. The van der Waals surface area contributed by atoms with Gasteiger partial charge in [-0.25, -0.2) is 0 Å². The second-order valence-corrected chi connectivity index (χ2v) is 3.74. The van der Waals surface area contributed by atoms with Gasteiger partial charge in [-0.2, -0.15) is 0 Å². The summed E-state index contributed by atoms with van der Waals surface area (Å²) >= 11 is 0. The van der Waals surface area contributed by atoms with E-state index in [1.807, 2.05) is 24.3 Å². The predicted molar refractivity (Wildman–Crippen MR) is 56.4 cm³/mol. The van der Waals surface area contributed by atoms with Crippen molar-refractivity contribution in [2.45, 2.75) is 19.9 Å². The van der Waals surface area contributed by atoms with Gasteiger partial charge in [-0.3, -0.25) is 4.79 Å². The molecule has 0 atom stereocenters. The lowest BCUT2D eigenvalue weighted by Crippen LogP contribution is -2.46. The van der Waals surface area contributed by atoms with Crippen LogP contribution in [-0.2, 0) is 0 Å². The third kappa shape index (κ3) is 1.35. The number of hydrogen-bond acceptors (Lipinski definition) is 2. The maximum atomic E-state index is 11.5. The fourth-order valence-electron chi connectivity index (χ4n) is 1.71. The van der Waals surface area contributed by atoms with Crippen molar-refractivity contribution >= 4 is 11.6 Å². The summed E-state index contributed by atoms with van der Waals surface area (Å²) in [4.78, 5) is 13.7. The average molecular weight is 190 g/mol. The fraction of sp³-hybridized carbons (Fsp3) is 0.364. The molecule has 1 amide bonds. The van der Waals surface area contributed by atoms with Crippen LogP contribution in [0.25, 0.3) is 0 Å². The summed E-state index contributed by atoms with van der Waals surface area (Å²) < 4.78 is 0. The number of nitrogens with zero attached hydrogens (tertiary/aromatic N) is 1. The van der Waals surface area contributed by atoms with E-state index in [2.05, 4.69) is 24.1 Å². The zero-order chi connectivity index (χ0) is 10.1. The summed E-state index contributed by atoms with van der Waals surface area (Å²) in [6, 6.07) is 8.11. The van der Waals surface area contributed by atoms with Gasteiger partial charge in [0.1, 0.15) is 0 Å². The van der Waals surface area contributed by atoms with E-state index in [4.69, 9.17) is 0 Å². The quantitative estimate of drug-likeness (QED) is 0.729. The van der Waals surface area contributed by atoms with Crippen LogP contribution in [0, 0.1) is 0 Å². The fourth-order valence-corrected chi connectivity index (χ4v) is 1.71. The number of fused-ring (bicyclic) bond motifs is 1. The molecule has 1 aromatic rings. The van der Waals surface area contributed by atoms with E-state index >= 15 is 0 Å². The van der Waals surface area contributed by atoms with Gasteiger partial charge in [0.2, 0.25) is 0 Å². The molecule has 0 aliphatic carbocycles. The van der Waals surface area contributed by atoms with E-state index in [-0.39, 0.29) is 5.91 Å². The number of anilines is 1. The molecule has 0 unspecified atom stereocenters. The molecule has 0 fully saturated rings. The summed E-state index contributed by atoms with van der Waals surface area (Å²) in [7, 11) is 0. The summed E-state index contributed by atoms with van der Waals surface area (Å²) in [5, 5.41) is 2.86. The van der Waals surface area contributed by atoms with Gasteiger partial charge in [-0.05, 0) is 26.0 Å². The molecule has 0 aromatic heterocycles. The van der Waals surface area contributed by atoms with Crippen molar-refractivity contribution < 1.29 is 4.79 Å². The number of carbonyl (C=O) groups is 1. The summed E-state index contributed by atoms with van der Waals surface area (Å²) in [6.45, 7) is 4.84. The van der Waals surface area contributed by atoms with Gasteiger partial charge < -0.3 is 10.2 Å². The van der Waals surface area contributed by atoms with E-state index < -0.39 is 0 Å². The molecule has 1 aliphatic heterocycles. The molecule has 0 bridgehead atoms. The van der Waals surface area contributed by atoms with E-state index in [1.54, 1.807) is 0 Å². The van der Waals surface area contributed by atoms with Crippen molar-refractivity contribution in [3.05, 3.63) is 29.8 Å². The molecular formula is C11H14N2O. The smallest absolute Gasteiger partial charge is 0.254 e. The van der Waals surface area contributed by atoms with Gasteiger partial charge in [0.05, 0.1) is 17.9 Å². The third-order valence-corrected chi connectivity index (χ3v) is 2.49. The highest BCUT2D eigenvalue weighted by atomic mass is 16.2. The molecule has 3 heteroatoms. The molecule has 0 saturated carbocycles. The van der Waals surface area contributed by atoms with Crippen molar-refractivity contribution in [2.75, 3.05) is 11.6 Å². The number of carbonyl (C=O) groups excluding carboxylic acids is 1. The zero-order valence-corrected chi connectivity index (χ0v) is 8.45. The van der Waals surface area contributed by atoms with Gasteiger partial charge in [-0.15, -0.1) is 0 Å². The Morgan fingerprint density at radius 3 is 2.79 bits per heavy atom. The number of amides is 1. The van der Waals surface area contributed by atoms with Crippen LogP contribution >= 0.6 is 0 Å². The molecule has 1 aromatic carbocycles. The SMILES string of the molecule is CC(C)N1CNC(=O)c2ccccc21. The first-order valence-electron chi connectivity index (χ1n) is 4.84. The van der Waals surface area contributed by atoms with Crippen molar-refractivity contribution in [3.8, 4) is 0 Å². The van der Waals surface area contributed by atoms with Crippen LogP contribution in [0.15, 0.2) is 24.3 Å². The number of rotatable bonds is 1. The van der Waals surface area contributed by atoms with Crippen LogP contribution in [0.5, 0.6) is 0 Å². The lowest BCUT2D eigenvalue weighted by atomic mass is 10.1. The van der Waals surface area contributed by atoms with Crippen LogP contribution in [0.2, 0.25) is 0 Å². The molecule has 1 N–H and O–H groups in total. The number of hydrogen-bond donors (Lipinski definition) is 1. The molecule has 1 aliphatic rings. The Labute approximate surface area is 83.7 Å². The largest absolute Gasteiger partial charge is 0.351 e. The zero-order valence-electron chi connectivity index (χ0n) is 8.45. The normalized spacial score (nSPS) is 15.4. The Hall–Kier alpha value is -1.51. The lowest BCUT2D eigenvalue weighted by molar-refractivity contribution is 0.0946. The molecule has 3 nitrogen and oxygen atoms in total. The predicted octanol–water partition coefficient (Wildman–Crippen LogP) is 1.60. The van der Waals surface area contributed by atoms with Gasteiger partial charge in [-0.1, -0.05) is 12.1 Å². The van der Waals surface area contributed by atoms with Crippen LogP contribution < -0.4 is 10.2 Å². The Morgan fingerprint density at radius 1 is 1.36 bits per heavy atom. The molecular weight excluding hydrogens is 176 g/mol. The van der Waals surface area contributed by atoms with Crippen LogP contribution in [0.1, 0.15) is 24.2 Å². The molecule has 1 heterocycles. The van der Waals surface area contributed by atoms with E-state index in [0.717, 1.165) is 11.3 Å². The molecule has 2 rings (SSSR count). The minimum Gasteiger partial charge on any atom is -0.351 e. The molecule has 0 radical (unpaired) electrons. The maximum Gasteiger partial charge on any atom is 0.254 e. The Bertz CT molecular complexity index is 360. The van der Waals surface area contributed by atoms with Crippen LogP contribution in [0.4, 0.5) is 5.69 Å². The highest BCUT2D eigenvalue weighted by Crippen LogP contribution is 2.24. The van der Waals surface area contributed by atoms with E-state index in [9.17, 15) is 4.79 Å². The first kappa shape index (κ1) is 9.06. The number of nitrogens with one attached hydrogen (secondary N) is 1. The highest BCUT2D eigenvalue weighted by molar-refractivity contribution is 6.01. The Kier molecular flexibility index (Phi) is 2.15. The second-order valence-electron chi connectivity index (χ2n) is 3.74. The molecule has 0 spiro atoms. The third-order valence-electron chi connectivity index (χ3n) is 2.49. The van der Waals surface area contributed by atoms with Gasteiger partial charge in [0.15, 0.2) is 0 Å². The topological polar surface area (TPSA) is 32.3 Å². The number of para-hydroxylation sites is 1. The minimum atomic E-state index is 0.0255. The molecule has 0 saturated heterocycles. The van der Waals surface area contributed by atoms with Gasteiger partial charge in [0.25, 0.3) is 5.91 Å². The summed E-state index contributed by atoms with van der Waals surface area (Å²) in [5.74, 6) is 0.0255. The van der Waals surface area contributed by atoms with Crippen molar-refractivity contribution in [1.82, 2.24) is 5.32 Å². The summed E-state index contributed by atoms with van der Waals surface area (Å²) in [6.07, 6.45) is 0. The standard InChI is InChI=1S/C11H14N2O/c1-8(2)13-7-12-11(14)9-5-3-4-6-10(9)13/h3-6,8H,7H2,1-2H3,(H,12,14). The van der Waals surface area contributed by atoms with Crippen molar-refractivity contribution in [2.24, 2.45) is 0 Å². The van der Waals surface area contributed by atoms with Crippen LogP contribution in [0.3, 0.4) is 0 Å². The minimum absolute atomic E-state index is 0.0255. The van der Waals surface area contributed by atoms with Crippen LogP contribution in [-0.4, -0.2) is 18.6 Å². The maximum absolute atomic E-state index is 11.5. The average Bonchev–Trinajstić information content (AvgIpc) is 2.18. The number of benzene rings is 1. The Balaban J connectivity index is 2.46. The monoisotopic (exact) mass is 190 g/mol. The second kappa shape index (κ2) is 3.33. The van der Waals surface area contributed by atoms with Gasteiger partial charge in [0, 0.05) is 6.04 Å².